The summed E-state index contributed by atoms with van der Waals surface area (Å²) in [4.78, 5) is 22.2. The zero-order valence-corrected chi connectivity index (χ0v) is 12.6. The summed E-state index contributed by atoms with van der Waals surface area (Å²) < 4.78 is 0. The van der Waals surface area contributed by atoms with Crippen LogP contribution in [-0.4, -0.2) is 11.0 Å². The number of nitro groups is 1. The Morgan fingerprint density at radius 3 is 2.20 bits per heavy atom. The highest BCUT2D eigenvalue weighted by Gasteiger charge is 2.29. The van der Waals surface area contributed by atoms with E-state index < -0.39 is 4.92 Å². The predicted molar refractivity (Wildman–Crippen MR) is 80.0 cm³/mol. The van der Waals surface area contributed by atoms with Gasteiger partial charge in [-0.3, -0.25) is 10.1 Å². The van der Waals surface area contributed by atoms with Gasteiger partial charge < -0.3 is 0 Å². The smallest absolute Gasteiger partial charge is 0.258 e. The first kappa shape index (κ1) is 16.1. The van der Waals surface area contributed by atoms with Crippen molar-refractivity contribution in [3.63, 3.8) is 0 Å². The van der Waals surface area contributed by atoms with E-state index in [1.807, 2.05) is 26.8 Å². The van der Waals surface area contributed by atoms with Crippen LogP contribution in [0.25, 0.3) is 0 Å². The minimum Gasteiger partial charge on any atom is -0.258 e. The lowest BCUT2D eigenvalue weighted by Crippen LogP contribution is -2.30. The molecule has 0 saturated heterocycles. The van der Waals surface area contributed by atoms with Crippen LogP contribution in [0.4, 0.5) is 11.4 Å². The molecule has 0 N–H and O–H groups in total. The largest absolute Gasteiger partial charge is 0.297 e. The third-order valence-corrected chi connectivity index (χ3v) is 3.77. The molecular weight excluding hydrogens is 258 g/mol. The molecule has 0 saturated carbocycles. The van der Waals surface area contributed by atoms with Crippen LogP contribution in [0.15, 0.2) is 11.4 Å². The van der Waals surface area contributed by atoms with Crippen LogP contribution in [-0.2, 0) is 0 Å². The van der Waals surface area contributed by atoms with Gasteiger partial charge >= 0.3 is 0 Å². The van der Waals surface area contributed by atoms with Gasteiger partial charge in [0.2, 0.25) is 0 Å². The second-order valence-corrected chi connectivity index (χ2v) is 4.99. The van der Waals surface area contributed by atoms with Gasteiger partial charge in [0.25, 0.3) is 5.69 Å². The van der Waals surface area contributed by atoms with Crippen LogP contribution in [0, 0.1) is 35.8 Å². The summed E-state index contributed by atoms with van der Waals surface area (Å²) in [6.45, 7) is 9.18. The highest BCUT2D eigenvalue weighted by atomic mass is 16.6. The van der Waals surface area contributed by atoms with E-state index in [1.54, 1.807) is 13.8 Å². The quantitative estimate of drug-likeness (QED) is 0.444. The molecule has 6 heteroatoms. The molecule has 0 aromatic heterocycles. The fourth-order valence-corrected chi connectivity index (χ4v) is 2.49. The lowest BCUT2D eigenvalue weighted by Gasteiger charge is -2.26. The number of anilines is 1. The van der Waals surface area contributed by atoms with Gasteiger partial charge in [-0.25, -0.2) is 5.01 Å². The topological polar surface area (TPSA) is 75.8 Å². The third-order valence-electron chi connectivity index (χ3n) is 3.77. The molecule has 0 radical (unpaired) electrons. The Morgan fingerprint density at radius 2 is 1.80 bits per heavy atom. The average molecular weight is 279 g/mol. The summed E-state index contributed by atoms with van der Waals surface area (Å²) in [7, 11) is 0. The fourth-order valence-electron chi connectivity index (χ4n) is 2.49. The van der Waals surface area contributed by atoms with E-state index in [0.29, 0.717) is 29.7 Å². The standard InChI is InChI=1S/C14H21N3O3/c1-6-12(7-2)16(15-18)13-10(4)8-9(3)11(5)14(13)17(19)20/h8,12H,6-7H2,1-5H3. The highest BCUT2D eigenvalue weighted by Crippen LogP contribution is 2.38. The fraction of sp³-hybridized carbons (Fsp3) is 0.571. The summed E-state index contributed by atoms with van der Waals surface area (Å²) in [6, 6.07) is 1.73. The van der Waals surface area contributed by atoms with Gasteiger partial charge in [0.15, 0.2) is 0 Å². The number of rotatable bonds is 6. The van der Waals surface area contributed by atoms with Crippen molar-refractivity contribution in [2.75, 3.05) is 5.01 Å². The lowest BCUT2D eigenvalue weighted by atomic mass is 10.0. The van der Waals surface area contributed by atoms with E-state index >= 15 is 0 Å². The molecule has 0 aliphatic heterocycles. The second kappa shape index (κ2) is 6.45. The van der Waals surface area contributed by atoms with E-state index in [2.05, 4.69) is 5.29 Å². The Bertz CT molecular complexity index is 525. The van der Waals surface area contributed by atoms with Crippen LogP contribution < -0.4 is 5.01 Å². The number of benzene rings is 1. The van der Waals surface area contributed by atoms with Crippen molar-refractivity contribution >= 4 is 11.4 Å². The highest BCUT2D eigenvalue weighted by molar-refractivity contribution is 5.72. The third kappa shape index (κ3) is 2.79. The molecule has 20 heavy (non-hydrogen) atoms. The summed E-state index contributed by atoms with van der Waals surface area (Å²) in [5, 5.41) is 15.7. The monoisotopic (exact) mass is 279 g/mol. The number of nitroso groups, excluding NO2 is 1. The van der Waals surface area contributed by atoms with Gasteiger partial charge in [0, 0.05) is 5.56 Å². The van der Waals surface area contributed by atoms with Gasteiger partial charge in [-0.05, 0) is 44.7 Å². The molecule has 110 valence electrons. The molecule has 0 unspecified atom stereocenters. The first-order valence-corrected chi connectivity index (χ1v) is 6.76. The minimum atomic E-state index is -0.425. The van der Waals surface area contributed by atoms with Gasteiger partial charge in [-0.1, -0.05) is 19.9 Å². The molecule has 1 rings (SSSR count). The molecule has 1 aromatic carbocycles. The molecule has 0 spiro atoms. The molecule has 6 nitrogen and oxygen atoms in total. The molecular formula is C14H21N3O3. The number of nitrogens with zero attached hydrogens (tertiary/aromatic N) is 3. The Morgan fingerprint density at radius 1 is 1.25 bits per heavy atom. The van der Waals surface area contributed by atoms with Crippen LogP contribution in [0.5, 0.6) is 0 Å². The van der Waals surface area contributed by atoms with Gasteiger partial charge in [-0.2, -0.15) is 0 Å². The molecule has 0 aliphatic carbocycles. The van der Waals surface area contributed by atoms with Gasteiger partial charge in [0.05, 0.1) is 16.3 Å². The van der Waals surface area contributed by atoms with Crippen molar-refractivity contribution in [3.05, 3.63) is 37.8 Å². The molecule has 0 atom stereocenters. The Labute approximate surface area is 118 Å². The average Bonchev–Trinajstić information content (AvgIpc) is 2.40. The molecule has 0 amide bonds. The SMILES string of the molecule is CCC(CC)N(N=O)c1c(C)cc(C)c(C)c1[N+](=O)[O-]. The van der Waals surface area contributed by atoms with Gasteiger partial charge in [0.1, 0.15) is 5.69 Å². The van der Waals surface area contributed by atoms with E-state index in [-0.39, 0.29) is 11.7 Å². The first-order valence-electron chi connectivity index (χ1n) is 6.76. The number of aryl methyl sites for hydroxylation is 2. The van der Waals surface area contributed by atoms with Crippen LogP contribution in [0.2, 0.25) is 0 Å². The molecule has 0 bridgehead atoms. The Balaban J connectivity index is 3.60. The molecule has 0 heterocycles. The van der Waals surface area contributed by atoms with Crippen LogP contribution >= 0.6 is 0 Å². The summed E-state index contributed by atoms with van der Waals surface area (Å²) in [5.74, 6) is 0. The van der Waals surface area contributed by atoms with Crippen molar-refractivity contribution in [1.82, 2.24) is 0 Å². The molecule has 0 fully saturated rings. The normalized spacial score (nSPS) is 10.7. The number of hydrogen-bond acceptors (Lipinski definition) is 4. The van der Waals surface area contributed by atoms with Gasteiger partial charge in [-0.15, -0.1) is 4.91 Å². The summed E-state index contributed by atoms with van der Waals surface area (Å²) in [5.41, 5.74) is 2.42. The number of hydrogen-bond donors (Lipinski definition) is 0. The van der Waals surface area contributed by atoms with Crippen molar-refractivity contribution < 1.29 is 4.92 Å². The zero-order valence-electron chi connectivity index (χ0n) is 12.6. The summed E-state index contributed by atoms with van der Waals surface area (Å²) >= 11 is 0. The number of nitro benzene ring substituents is 1. The van der Waals surface area contributed by atoms with Crippen molar-refractivity contribution in [3.8, 4) is 0 Å². The van der Waals surface area contributed by atoms with Crippen LogP contribution in [0.1, 0.15) is 43.4 Å². The predicted octanol–water partition coefficient (Wildman–Crippen LogP) is 4.20. The van der Waals surface area contributed by atoms with E-state index in [4.69, 9.17) is 0 Å². The van der Waals surface area contributed by atoms with Crippen molar-refractivity contribution in [2.24, 2.45) is 5.29 Å². The maximum Gasteiger partial charge on any atom is 0.297 e. The maximum absolute atomic E-state index is 11.4. The molecule has 1 aromatic rings. The van der Waals surface area contributed by atoms with E-state index in [1.165, 1.54) is 5.01 Å². The Hall–Kier alpha value is -1.98. The van der Waals surface area contributed by atoms with E-state index in [0.717, 1.165) is 5.56 Å². The lowest BCUT2D eigenvalue weighted by molar-refractivity contribution is -0.384. The minimum absolute atomic E-state index is 0.0194. The maximum atomic E-state index is 11.4. The van der Waals surface area contributed by atoms with E-state index in [9.17, 15) is 15.0 Å². The molecule has 0 aliphatic rings. The first-order chi connectivity index (χ1) is 9.38. The van der Waals surface area contributed by atoms with Crippen LogP contribution in [0.3, 0.4) is 0 Å². The Kier molecular flexibility index (Phi) is 5.19. The summed E-state index contributed by atoms with van der Waals surface area (Å²) in [6.07, 6.45) is 1.40. The van der Waals surface area contributed by atoms with Crippen molar-refractivity contribution in [1.29, 1.82) is 0 Å². The van der Waals surface area contributed by atoms with Crippen molar-refractivity contribution in [2.45, 2.75) is 53.5 Å². The zero-order chi connectivity index (χ0) is 15.4. The second-order valence-electron chi connectivity index (χ2n) is 4.99.